The predicted octanol–water partition coefficient (Wildman–Crippen LogP) is 2.75. The monoisotopic (exact) mass is 272 g/mol. The molecule has 0 heterocycles. The normalized spacial score (nSPS) is 11.4. The molecule has 0 aliphatic heterocycles. The lowest BCUT2D eigenvalue weighted by molar-refractivity contribution is -0.151. The molecule has 0 saturated heterocycles. The molecule has 0 atom stereocenters. The summed E-state index contributed by atoms with van der Waals surface area (Å²) in [5.74, 6) is -0.651. The summed E-state index contributed by atoms with van der Waals surface area (Å²) in [6, 6.07) is 4.24. The number of hydrogen-bond acceptors (Lipinski definition) is 4. The number of aliphatic hydroxyl groups is 1. The van der Waals surface area contributed by atoms with Crippen molar-refractivity contribution in [3.8, 4) is 0 Å². The topological polar surface area (TPSA) is 46.5 Å². The van der Waals surface area contributed by atoms with Crippen LogP contribution in [0.1, 0.15) is 26.3 Å². The number of ether oxygens (including phenoxy) is 1. The highest BCUT2D eigenvalue weighted by Gasteiger charge is 2.16. The van der Waals surface area contributed by atoms with Crippen LogP contribution in [0.25, 0.3) is 0 Å². The van der Waals surface area contributed by atoms with Crippen LogP contribution in [0.2, 0.25) is 0 Å². The molecule has 1 aromatic rings. The van der Waals surface area contributed by atoms with Crippen LogP contribution < -0.4 is 0 Å². The fraction of sp³-hybridized carbons (Fsp3) is 0.462. The van der Waals surface area contributed by atoms with Crippen LogP contribution in [0.3, 0.4) is 0 Å². The van der Waals surface area contributed by atoms with E-state index in [0.29, 0.717) is 10.5 Å². The van der Waals surface area contributed by atoms with E-state index in [1.165, 1.54) is 23.9 Å². The van der Waals surface area contributed by atoms with Crippen molar-refractivity contribution >= 4 is 17.7 Å². The Morgan fingerprint density at radius 2 is 2.06 bits per heavy atom. The van der Waals surface area contributed by atoms with Crippen LogP contribution in [0, 0.1) is 5.82 Å². The van der Waals surface area contributed by atoms with Crippen molar-refractivity contribution < 1.29 is 19.0 Å². The molecular weight excluding hydrogens is 255 g/mol. The first-order chi connectivity index (χ1) is 8.30. The van der Waals surface area contributed by atoms with Crippen LogP contribution in [-0.2, 0) is 16.1 Å². The lowest BCUT2D eigenvalue weighted by Gasteiger charge is -2.19. The van der Waals surface area contributed by atoms with Gasteiger partial charge in [-0.3, -0.25) is 4.79 Å². The van der Waals surface area contributed by atoms with Crippen molar-refractivity contribution in [3.63, 3.8) is 0 Å². The molecule has 1 aromatic carbocycles. The van der Waals surface area contributed by atoms with Gasteiger partial charge in [0.15, 0.2) is 0 Å². The van der Waals surface area contributed by atoms with Gasteiger partial charge in [-0.25, -0.2) is 4.39 Å². The SMILES string of the molecule is CC(C)(C)OC(=O)CSc1cc(F)cc(CO)c1. The minimum absolute atomic E-state index is 0.117. The summed E-state index contributed by atoms with van der Waals surface area (Å²) >= 11 is 1.19. The van der Waals surface area contributed by atoms with Crippen molar-refractivity contribution in [2.45, 2.75) is 37.9 Å². The Morgan fingerprint density at radius 1 is 1.39 bits per heavy atom. The molecule has 0 saturated carbocycles. The van der Waals surface area contributed by atoms with Gasteiger partial charge in [0.25, 0.3) is 0 Å². The summed E-state index contributed by atoms with van der Waals surface area (Å²) in [4.78, 5) is 12.1. The quantitative estimate of drug-likeness (QED) is 0.676. The maximum Gasteiger partial charge on any atom is 0.316 e. The Morgan fingerprint density at radius 3 is 2.61 bits per heavy atom. The van der Waals surface area contributed by atoms with Crippen LogP contribution in [-0.4, -0.2) is 22.4 Å². The maximum absolute atomic E-state index is 13.2. The molecule has 3 nitrogen and oxygen atoms in total. The summed E-state index contributed by atoms with van der Waals surface area (Å²) in [5, 5.41) is 8.95. The molecule has 1 N–H and O–H groups in total. The molecule has 5 heteroatoms. The molecule has 100 valence electrons. The van der Waals surface area contributed by atoms with Gasteiger partial charge in [0, 0.05) is 4.90 Å². The Bertz CT molecular complexity index is 427. The van der Waals surface area contributed by atoms with Crippen LogP contribution >= 0.6 is 11.8 Å². The molecule has 0 fully saturated rings. The molecular formula is C13H17FO3S. The number of benzene rings is 1. The van der Waals surface area contributed by atoms with E-state index in [2.05, 4.69) is 0 Å². The molecule has 0 aliphatic rings. The lowest BCUT2D eigenvalue weighted by Crippen LogP contribution is -2.24. The van der Waals surface area contributed by atoms with Gasteiger partial charge in [0.05, 0.1) is 12.4 Å². The van der Waals surface area contributed by atoms with E-state index in [1.807, 2.05) is 0 Å². The first-order valence-electron chi connectivity index (χ1n) is 5.55. The van der Waals surface area contributed by atoms with Crippen molar-refractivity contribution in [3.05, 3.63) is 29.6 Å². The van der Waals surface area contributed by atoms with Crippen LogP contribution in [0.5, 0.6) is 0 Å². The highest BCUT2D eigenvalue weighted by molar-refractivity contribution is 8.00. The summed E-state index contributed by atoms with van der Waals surface area (Å²) in [5.41, 5.74) is -0.0303. The molecule has 1 rings (SSSR count). The van der Waals surface area contributed by atoms with Crippen LogP contribution in [0.15, 0.2) is 23.1 Å². The molecule has 0 aromatic heterocycles. The highest BCUT2D eigenvalue weighted by Crippen LogP contribution is 2.22. The van der Waals surface area contributed by atoms with Crippen molar-refractivity contribution in [1.82, 2.24) is 0 Å². The summed E-state index contributed by atoms with van der Waals surface area (Å²) in [6.07, 6.45) is 0. The largest absolute Gasteiger partial charge is 0.459 e. The minimum atomic E-state index is -0.518. The van der Waals surface area contributed by atoms with E-state index in [0.717, 1.165) is 0 Å². The molecule has 0 radical (unpaired) electrons. The molecule has 0 aliphatic carbocycles. The van der Waals surface area contributed by atoms with E-state index in [9.17, 15) is 9.18 Å². The number of hydrogen-bond donors (Lipinski definition) is 1. The molecule has 0 bridgehead atoms. The minimum Gasteiger partial charge on any atom is -0.459 e. The van der Waals surface area contributed by atoms with E-state index >= 15 is 0 Å². The third-order valence-electron chi connectivity index (χ3n) is 1.89. The van der Waals surface area contributed by atoms with Crippen molar-refractivity contribution in [2.75, 3.05) is 5.75 Å². The lowest BCUT2D eigenvalue weighted by atomic mass is 10.2. The Balaban J connectivity index is 2.58. The molecule has 0 unspecified atom stereocenters. The van der Waals surface area contributed by atoms with Gasteiger partial charge in [-0.2, -0.15) is 0 Å². The zero-order chi connectivity index (χ0) is 13.8. The van der Waals surface area contributed by atoms with Gasteiger partial charge in [-0.15, -0.1) is 11.8 Å². The van der Waals surface area contributed by atoms with Gasteiger partial charge >= 0.3 is 5.97 Å². The van der Waals surface area contributed by atoms with E-state index in [-0.39, 0.29) is 18.3 Å². The average molecular weight is 272 g/mol. The van der Waals surface area contributed by atoms with Gasteiger partial charge in [0.2, 0.25) is 0 Å². The number of halogens is 1. The Kier molecular flexibility index (Phi) is 5.16. The third kappa shape index (κ3) is 5.51. The number of carbonyl (C=O) groups excluding carboxylic acids is 1. The first-order valence-corrected chi connectivity index (χ1v) is 6.54. The zero-order valence-electron chi connectivity index (χ0n) is 10.7. The number of thioether (sulfide) groups is 1. The summed E-state index contributed by atoms with van der Waals surface area (Å²) in [6.45, 7) is 5.16. The van der Waals surface area contributed by atoms with E-state index in [1.54, 1.807) is 26.8 Å². The van der Waals surface area contributed by atoms with Gasteiger partial charge in [-0.05, 0) is 44.5 Å². The van der Waals surface area contributed by atoms with Crippen LogP contribution in [0.4, 0.5) is 4.39 Å². The van der Waals surface area contributed by atoms with Gasteiger partial charge < -0.3 is 9.84 Å². The van der Waals surface area contributed by atoms with Crippen molar-refractivity contribution in [1.29, 1.82) is 0 Å². The Labute approximate surface area is 110 Å². The molecule has 0 spiro atoms. The molecule has 18 heavy (non-hydrogen) atoms. The standard InChI is InChI=1S/C13H17FO3S/c1-13(2,3)17-12(16)8-18-11-5-9(7-15)4-10(14)6-11/h4-6,15H,7-8H2,1-3H3. The fourth-order valence-corrected chi connectivity index (χ4v) is 2.08. The second kappa shape index (κ2) is 6.20. The Hall–Kier alpha value is -1.07. The number of carbonyl (C=O) groups is 1. The number of aliphatic hydroxyl groups excluding tert-OH is 1. The second-order valence-electron chi connectivity index (χ2n) is 4.83. The van der Waals surface area contributed by atoms with Crippen molar-refractivity contribution in [2.24, 2.45) is 0 Å². The summed E-state index contributed by atoms with van der Waals surface area (Å²) in [7, 11) is 0. The summed E-state index contributed by atoms with van der Waals surface area (Å²) < 4.78 is 18.3. The first kappa shape index (κ1) is 15.0. The van der Waals surface area contributed by atoms with E-state index < -0.39 is 11.4 Å². The maximum atomic E-state index is 13.2. The predicted molar refractivity (Wildman–Crippen MR) is 68.9 cm³/mol. The average Bonchev–Trinajstić information content (AvgIpc) is 2.23. The highest BCUT2D eigenvalue weighted by atomic mass is 32.2. The second-order valence-corrected chi connectivity index (χ2v) is 5.88. The smallest absolute Gasteiger partial charge is 0.316 e. The third-order valence-corrected chi connectivity index (χ3v) is 2.84. The van der Waals surface area contributed by atoms with Gasteiger partial charge in [-0.1, -0.05) is 0 Å². The van der Waals surface area contributed by atoms with E-state index in [4.69, 9.17) is 9.84 Å². The molecule has 0 amide bonds. The zero-order valence-corrected chi connectivity index (χ0v) is 11.5. The number of rotatable bonds is 4. The van der Waals surface area contributed by atoms with Gasteiger partial charge in [0.1, 0.15) is 11.4 Å². The fourth-order valence-electron chi connectivity index (χ4n) is 1.31. The number of esters is 1.